The highest BCUT2D eigenvalue weighted by atomic mass is 19.1. The van der Waals surface area contributed by atoms with Crippen LogP contribution in [-0.2, 0) is 11.3 Å². The molecule has 5 aromatic rings. The number of aromatic amines is 1. The van der Waals surface area contributed by atoms with Crippen LogP contribution in [0.15, 0.2) is 65.4 Å². The zero-order valence-corrected chi connectivity index (χ0v) is 17.0. The van der Waals surface area contributed by atoms with Crippen molar-refractivity contribution in [2.45, 2.75) is 13.5 Å². The fourth-order valence-corrected chi connectivity index (χ4v) is 3.73. The van der Waals surface area contributed by atoms with Crippen molar-refractivity contribution >= 4 is 11.0 Å². The number of aromatic nitrogens is 4. The summed E-state index contributed by atoms with van der Waals surface area (Å²) in [6, 6.07) is 17.3. The molecule has 2 aromatic heterocycles. The predicted molar refractivity (Wildman–Crippen MR) is 116 cm³/mol. The van der Waals surface area contributed by atoms with Crippen molar-refractivity contribution in [1.82, 2.24) is 20.1 Å². The van der Waals surface area contributed by atoms with Crippen molar-refractivity contribution in [1.29, 1.82) is 0 Å². The van der Waals surface area contributed by atoms with Gasteiger partial charge in [-0.15, -0.1) is 0 Å². The smallest absolute Gasteiger partial charge is 0.258 e. The highest BCUT2D eigenvalue weighted by Crippen LogP contribution is 2.32. The third kappa shape index (κ3) is 3.49. The fourth-order valence-electron chi connectivity index (χ4n) is 3.73. The fraction of sp³-hybridized carbons (Fsp3) is 0.125. The Bertz CT molecular complexity index is 1390. The number of hydrogen-bond acceptors (Lipinski definition) is 5. The Hall–Kier alpha value is -3.84. The molecule has 0 saturated heterocycles. The summed E-state index contributed by atoms with van der Waals surface area (Å²) in [5.74, 6) is 0.239. The van der Waals surface area contributed by atoms with Crippen LogP contribution >= 0.6 is 0 Å². The first-order valence-electron chi connectivity index (χ1n) is 9.79. The monoisotopic (exact) mass is 414 g/mol. The number of hydrogen-bond donors (Lipinski definition) is 1. The van der Waals surface area contributed by atoms with Crippen molar-refractivity contribution in [3.8, 4) is 34.0 Å². The van der Waals surface area contributed by atoms with Crippen LogP contribution in [0.2, 0.25) is 0 Å². The SMILES string of the molecule is COCc1cc(-c2nc(-c3cc(F)c4[nH]cnc4c3)no2)ccc1-c1ccccc1C. The maximum Gasteiger partial charge on any atom is 0.258 e. The molecule has 0 bridgehead atoms. The largest absolute Gasteiger partial charge is 0.380 e. The molecule has 0 fully saturated rings. The lowest BCUT2D eigenvalue weighted by atomic mass is 9.94. The second-order valence-electron chi connectivity index (χ2n) is 7.30. The first kappa shape index (κ1) is 19.1. The normalized spacial score (nSPS) is 11.3. The van der Waals surface area contributed by atoms with E-state index in [-0.39, 0.29) is 0 Å². The standard InChI is InChI=1S/C24H19FN4O2/c1-14-5-3-4-6-18(14)19-8-7-15(9-17(19)12-30-2)24-28-23(29-31-24)16-10-20(25)22-21(11-16)26-13-27-22/h3-11,13H,12H2,1-2H3,(H,26,27). The van der Waals surface area contributed by atoms with Gasteiger partial charge in [0.25, 0.3) is 5.89 Å². The Morgan fingerprint density at radius 3 is 2.74 bits per heavy atom. The quantitative estimate of drug-likeness (QED) is 0.409. The van der Waals surface area contributed by atoms with Crippen molar-refractivity contribution in [2.24, 2.45) is 0 Å². The third-order valence-electron chi connectivity index (χ3n) is 5.25. The number of fused-ring (bicyclic) bond motifs is 1. The van der Waals surface area contributed by atoms with Gasteiger partial charge in [-0.2, -0.15) is 4.98 Å². The summed E-state index contributed by atoms with van der Waals surface area (Å²) >= 11 is 0. The van der Waals surface area contributed by atoms with Crippen molar-refractivity contribution in [3.63, 3.8) is 0 Å². The van der Waals surface area contributed by atoms with Gasteiger partial charge in [-0.1, -0.05) is 35.5 Å². The van der Waals surface area contributed by atoms with Gasteiger partial charge in [0, 0.05) is 18.2 Å². The van der Waals surface area contributed by atoms with E-state index in [9.17, 15) is 4.39 Å². The Morgan fingerprint density at radius 1 is 1.03 bits per heavy atom. The van der Waals surface area contributed by atoms with Crippen LogP contribution in [0.25, 0.3) is 45.0 Å². The molecule has 0 aliphatic heterocycles. The molecule has 0 saturated carbocycles. The molecule has 0 radical (unpaired) electrons. The number of methoxy groups -OCH3 is 1. The molecule has 0 aliphatic rings. The lowest BCUT2D eigenvalue weighted by molar-refractivity contribution is 0.185. The summed E-state index contributed by atoms with van der Waals surface area (Å²) in [7, 11) is 1.67. The Morgan fingerprint density at radius 2 is 1.90 bits per heavy atom. The first-order chi connectivity index (χ1) is 15.1. The van der Waals surface area contributed by atoms with E-state index in [1.807, 2.05) is 30.3 Å². The van der Waals surface area contributed by atoms with Gasteiger partial charge >= 0.3 is 0 Å². The highest BCUT2D eigenvalue weighted by molar-refractivity contribution is 5.81. The van der Waals surface area contributed by atoms with E-state index < -0.39 is 5.82 Å². The molecule has 6 nitrogen and oxygen atoms in total. The van der Waals surface area contributed by atoms with E-state index >= 15 is 0 Å². The maximum atomic E-state index is 14.3. The summed E-state index contributed by atoms with van der Waals surface area (Å²) in [5, 5.41) is 4.04. The van der Waals surface area contributed by atoms with Gasteiger partial charge in [-0.25, -0.2) is 9.37 Å². The minimum atomic E-state index is -0.415. The Balaban J connectivity index is 1.54. The molecule has 1 N–H and O–H groups in total. The number of ether oxygens (including phenoxy) is 1. The number of halogens is 1. The van der Waals surface area contributed by atoms with Crippen LogP contribution in [0.3, 0.4) is 0 Å². The number of aryl methyl sites for hydroxylation is 1. The molecule has 2 heterocycles. The molecule has 3 aromatic carbocycles. The molecule has 0 unspecified atom stereocenters. The lowest BCUT2D eigenvalue weighted by Crippen LogP contribution is -1.95. The summed E-state index contributed by atoms with van der Waals surface area (Å²) in [6.45, 7) is 2.53. The highest BCUT2D eigenvalue weighted by Gasteiger charge is 2.16. The number of imidazole rings is 1. The zero-order valence-electron chi connectivity index (χ0n) is 17.0. The van der Waals surface area contributed by atoms with Gasteiger partial charge in [0.2, 0.25) is 5.82 Å². The zero-order chi connectivity index (χ0) is 21.4. The molecular formula is C24H19FN4O2. The maximum absolute atomic E-state index is 14.3. The summed E-state index contributed by atoms with van der Waals surface area (Å²) in [5.41, 5.74) is 6.56. The first-order valence-corrected chi connectivity index (χ1v) is 9.79. The van der Waals surface area contributed by atoms with Crippen LogP contribution in [0.1, 0.15) is 11.1 Å². The number of nitrogens with zero attached hydrogens (tertiary/aromatic N) is 3. The number of nitrogens with one attached hydrogen (secondary N) is 1. The molecule has 5 rings (SSSR count). The van der Waals surface area contributed by atoms with Gasteiger partial charge in [0.15, 0.2) is 0 Å². The minimum Gasteiger partial charge on any atom is -0.380 e. The van der Waals surface area contributed by atoms with Gasteiger partial charge in [-0.3, -0.25) is 0 Å². The van der Waals surface area contributed by atoms with E-state index in [1.54, 1.807) is 13.2 Å². The van der Waals surface area contributed by atoms with E-state index in [0.29, 0.717) is 34.9 Å². The minimum absolute atomic E-state index is 0.301. The molecule has 7 heteroatoms. The van der Waals surface area contributed by atoms with Gasteiger partial charge in [-0.05, 0) is 53.4 Å². The van der Waals surface area contributed by atoms with Crippen LogP contribution in [0.5, 0.6) is 0 Å². The van der Waals surface area contributed by atoms with Gasteiger partial charge < -0.3 is 14.2 Å². The second kappa shape index (κ2) is 7.77. The van der Waals surface area contributed by atoms with Crippen LogP contribution in [0, 0.1) is 12.7 Å². The second-order valence-corrected chi connectivity index (χ2v) is 7.30. The van der Waals surface area contributed by atoms with E-state index in [0.717, 1.165) is 22.3 Å². The summed E-state index contributed by atoms with van der Waals surface area (Å²) < 4.78 is 25.2. The van der Waals surface area contributed by atoms with Crippen LogP contribution in [0.4, 0.5) is 4.39 Å². The summed E-state index contributed by atoms with van der Waals surface area (Å²) in [4.78, 5) is 11.4. The molecule has 0 amide bonds. The van der Waals surface area contributed by atoms with E-state index in [1.165, 1.54) is 18.0 Å². The van der Waals surface area contributed by atoms with Gasteiger partial charge in [0.1, 0.15) is 11.3 Å². The third-order valence-corrected chi connectivity index (χ3v) is 5.25. The van der Waals surface area contributed by atoms with E-state index in [2.05, 4.69) is 39.2 Å². The van der Waals surface area contributed by atoms with Crippen molar-refractivity contribution < 1.29 is 13.7 Å². The van der Waals surface area contributed by atoms with Crippen LogP contribution in [-0.4, -0.2) is 27.2 Å². The van der Waals surface area contributed by atoms with E-state index in [4.69, 9.17) is 9.26 Å². The van der Waals surface area contributed by atoms with Gasteiger partial charge in [0.05, 0.1) is 18.5 Å². The predicted octanol–water partition coefficient (Wildman–Crippen LogP) is 5.54. The topological polar surface area (TPSA) is 76.8 Å². The number of benzene rings is 3. The number of H-pyrrole nitrogens is 1. The molecule has 31 heavy (non-hydrogen) atoms. The Kier molecular flexibility index (Phi) is 4.80. The molecule has 0 atom stereocenters. The number of rotatable bonds is 5. The molecular weight excluding hydrogens is 395 g/mol. The molecule has 154 valence electrons. The average molecular weight is 414 g/mol. The van der Waals surface area contributed by atoms with Crippen LogP contribution < -0.4 is 0 Å². The van der Waals surface area contributed by atoms with Crippen molar-refractivity contribution in [2.75, 3.05) is 7.11 Å². The van der Waals surface area contributed by atoms with Crippen molar-refractivity contribution in [3.05, 3.63) is 77.9 Å². The Labute approximate surface area is 177 Å². The average Bonchev–Trinajstić information content (AvgIpc) is 3.45. The molecule has 0 aliphatic carbocycles. The molecule has 0 spiro atoms. The lowest BCUT2D eigenvalue weighted by Gasteiger charge is -2.12. The summed E-state index contributed by atoms with van der Waals surface area (Å²) in [6.07, 6.45) is 1.45.